The Morgan fingerprint density at radius 3 is 2.72 bits per heavy atom. The molecule has 1 amide bonds. The Morgan fingerprint density at radius 2 is 2.12 bits per heavy atom. The highest BCUT2D eigenvalue weighted by Gasteiger charge is 2.22. The quantitative estimate of drug-likeness (QED) is 0.596. The number of aldehydes is 1. The first-order chi connectivity index (χ1) is 12.1. The number of rotatable bonds is 4. The largest absolute Gasteiger partial charge is 0.489 e. The van der Waals surface area contributed by atoms with Crippen LogP contribution in [0, 0.1) is 0 Å². The zero-order chi connectivity index (χ0) is 17.8. The number of nitrogens with zero attached hydrogens (tertiary/aromatic N) is 3. The maximum absolute atomic E-state index is 12.6. The van der Waals surface area contributed by atoms with Crippen LogP contribution in [0.25, 0.3) is 5.57 Å². The molecule has 0 fully saturated rings. The highest BCUT2D eigenvalue weighted by atomic mass is 16.4. The molecule has 0 saturated heterocycles. The normalized spacial score (nSPS) is 14.0. The van der Waals surface area contributed by atoms with E-state index >= 15 is 0 Å². The van der Waals surface area contributed by atoms with Gasteiger partial charge in [-0.05, 0) is 29.6 Å². The Balaban J connectivity index is 1.77. The van der Waals surface area contributed by atoms with Crippen LogP contribution in [0.5, 0.6) is 0 Å². The number of benzene rings is 1. The monoisotopic (exact) mass is 337 g/mol. The van der Waals surface area contributed by atoms with Crippen LogP contribution in [-0.4, -0.2) is 57.3 Å². The summed E-state index contributed by atoms with van der Waals surface area (Å²) in [7, 11) is -1.75. The second-order valence-electron chi connectivity index (χ2n) is 5.66. The Bertz CT molecular complexity index is 824. The lowest BCUT2D eigenvalue weighted by atomic mass is 9.76. The van der Waals surface area contributed by atoms with Gasteiger partial charge in [0.1, 0.15) is 6.29 Å². The van der Waals surface area contributed by atoms with Crippen LogP contribution in [0.2, 0.25) is 0 Å². The molecule has 0 spiro atoms. The summed E-state index contributed by atoms with van der Waals surface area (Å²) in [6.07, 6.45) is 8.05. The van der Waals surface area contributed by atoms with Crippen molar-refractivity contribution in [3.05, 3.63) is 59.7 Å². The second-order valence-corrected chi connectivity index (χ2v) is 5.66. The molecule has 2 aromatic rings. The van der Waals surface area contributed by atoms with E-state index in [1.807, 2.05) is 6.08 Å². The summed E-state index contributed by atoms with van der Waals surface area (Å²) in [6.45, 7) is 0.966. The first-order valence-electron chi connectivity index (χ1n) is 7.80. The molecule has 0 saturated carbocycles. The van der Waals surface area contributed by atoms with Crippen molar-refractivity contribution >= 4 is 30.3 Å². The van der Waals surface area contributed by atoms with Crippen molar-refractivity contribution in [2.45, 2.75) is 6.42 Å². The van der Waals surface area contributed by atoms with Gasteiger partial charge in [0.05, 0.1) is 11.9 Å². The van der Waals surface area contributed by atoms with Gasteiger partial charge in [-0.1, -0.05) is 12.1 Å². The highest BCUT2D eigenvalue weighted by Crippen LogP contribution is 2.21. The van der Waals surface area contributed by atoms with Crippen LogP contribution in [0.1, 0.15) is 32.8 Å². The van der Waals surface area contributed by atoms with E-state index in [-0.39, 0.29) is 16.9 Å². The van der Waals surface area contributed by atoms with Gasteiger partial charge in [-0.2, -0.15) is 0 Å². The van der Waals surface area contributed by atoms with Crippen molar-refractivity contribution in [3.63, 3.8) is 0 Å². The molecule has 126 valence electrons. The molecule has 25 heavy (non-hydrogen) atoms. The number of carbonyl (C=O) groups excluding carboxylic acids is 2. The van der Waals surface area contributed by atoms with Crippen LogP contribution in [-0.2, 0) is 0 Å². The number of carbonyl (C=O) groups is 2. The highest BCUT2D eigenvalue weighted by molar-refractivity contribution is 6.60. The molecule has 3 rings (SSSR count). The van der Waals surface area contributed by atoms with Gasteiger partial charge in [0.15, 0.2) is 0 Å². The number of hydrogen-bond acceptors (Lipinski definition) is 6. The van der Waals surface area contributed by atoms with E-state index in [1.54, 1.807) is 23.5 Å². The van der Waals surface area contributed by atoms with Gasteiger partial charge in [0.25, 0.3) is 5.91 Å². The van der Waals surface area contributed by atoms with Crippen molar-refractivity contribution in [1.82, 2.24) is 14.9 Å². The fourth-order valence-corrected chi connectivity index (χ4v) is 2.78. The number of hydrogen-bond donors (Lipinski definition) is 2. The van der Waals surface area contributed by atoms with Crippen molar-refractivity contribution in [1.29, 1.82) is 0 Å². The van der Waals surface area contributed by atoms with Crippen molar-refractivity contribution in [2.24, 2.45) is 0 Å². The van der Waals surface area contributed by atoms with E-state index < -0.39 is 7.12 Å². The predicted molar refractivity (Wildman–Crippen MR) is 92.2 cm³/mol. The molecule has 0 unspecified atom stereocenters. The van der Waals surface area contributed by atoms with E-state index in [0.717, 1.165) is 11.3 Å². The predicted octanol–water partition coefficient (Wildman–Crippen LogP) is -0.102. The van der Waals surface area contributed by atoms with E-state index in [0.29, 0.717) is 31.4 Å². The molecule has 7 nitrogen and oxygen atoms in total. The molecule has 2 heterocycles. The fourth-order valence-electron chi connectivity index (χ4n) is 2.78. The van der Waals surface area contributed by atoms with Gasteiger partial charge < -0.3 is 14.9 Å². The fraction of sp³-hybridized carbons (Fsp3) is 0.176. The van der Waals surface area contributed by atoms with Crippen LogP contribution in [0.4, 0.5) is 0 Å². The first-order valence-corrected chi connectivity index (χ1v) is 7.80. The van der Waals surface area contributed by atoms with Crippen molar-refractivity contribution < 1.29 is 19.6 Å². The van der Waals surface area contributed by atoms with Crippen LogP contribution in [0.3, 0.4) is 0 Å². The molecule has 1 aromatic carbocycles. The summed E-state index contributed by atoms with van der Waals surface area (Å²) in [5.41, 5.74) is 2.36. The Hall–Kier alpha value is -2.84. The van der Waals surface area contributed by atoms with Gasteiger partial charge in [0.2, 0.25) is 0 Å². The first kappa shape index (κ1) is 17.0. The maximum Gasteiger partial charge on any atom is 0.489 e. The molecule has 1 aromatic heterocycles. The number of aromatic nitrogens is 2. The lowest BCUT2D eigenvalue weighted by Gasteiger charge is -2.26. The van der Waals surface area contributed by atoms with Gasteiger partial charge in [-0.25, -0.2) is 0 Å². The third kappa shape index (κ3) is 3.65. The van der Waals surface area contributed by atoms with Gasteiger partial charge in [0, 0.05) is 36.6 Å². The minimum atomic E-state index is -1.75. The molecule has 0 atom stereocenters. The van der Waals surface area contributed by atoms with Crippen molar-refractivity contribution in [2.75, 3.05) is 13.1 Å². The summed E-state index contributed by atoms with van der Waals surface area (Å²) in [6, 6.07) is 4.25. The molecule has 2 N–H and O–H groups in total. The van der Waals surface area contributed by atoms with Gasteiger partial charge in [-0.3, -0.25) is 19.6 Å². The van der Waals surface area contributed by atoms with Gasteiger partial charge in [-0.15, -0.1) is 0 Å². The molecule has 8 heteroatoms. The zero-order valence-corrected chi connectivity index (χ0v) is 13.4. The molecular weight excluding hydrogens is 321 g/mol. The molecular formula is C17H16BN3O4. The standard InChI is InChI=1S/C17H16BN3O4/c22-11-14-9-13(1-2-15(14)18(24)25)17(23)21-7-3-12(4-8-21)16-10-19-5-6-20-16/h1-3,5-6,9-11,24-25H,4,7-8H2. The molecule has 1 aliphatic heterocycles. The average Bonchev–Trinajstić information content (AvgIpc) is 2.67. The Morgan fingerprint density at radius 1 is 1.28 bits per heavy atom. The summed E-state index contributed by atoms with van der Waals surface area (Å²) in [5, 5.41) is 18.5. The third-order valence-corrected chi connectivity index (χ3v) is 4.13. The topological polar surface area (TPSA) is 104 Å². The van der Waals surface area contributed by atoms with Crippen LogP contribution >= 0.6 is 0 Å². The molecule has 1 aliphatic rings. The third-order valence-electron chi connectivity index (χ3n) is 4.13. The van der Waals surface area contributed by atoms with E-state index in [4.69, 9.17) is 0 Å². The SMILES string of the molecule is O=Cc1cc(C(=O)N2CC=C(c3cnccn3)CC2)ccc1B(O)O. The Labute approximate surface area is 144 Å². The van der Waals surface area contributed by atoms with E-state index in [9.17, 15) is 19.6 Å². The summed E-state index contributed by atoms with van der Waals surface area (Å²) < 4.78 is 0. The van der Waals surface area contributed by atoms with Crippen LogP contribution in [0.15, 0.2) is 42.9 Å². The zero-order valence-electron chi connectivity index (χ0n) is 13.4. The summed E-state index contributed by atoms with van der Waals surface area (Å²) >= 11 is 0. The molecule has 0 bridgehead atoms. The minimum absolute atomic E-state index is 0.0787. The van der Waals surface area contributed by atoms with Crippen LogP contribution < -0.4 is 5.46 Å². The molecule has 0 radical (unpaired) electrons. The Kier molecular flexibility index (Phi) is 5.01. The lowest BCUT2D eigenvalue weighted by Crippen LogP contribution is -2.36. The van der Waals surface area contributed by atoms with E-state index in [1.165, 1.54) is 18.2 Å². The maximum atomic E-state index is 12.6. The van der Waals surface area contributed by atoms with Crippen molar-refractivity contribution in [3.8, 4) is 0 Å². The minimum Gasteiger partial charge on any atom is -0.423 e. The number of amides is 1. The summed E-state index contributed by atoms with van der Waals surface area (Å²) in [4.78, 5) is 33.7. The average molecular weight is 337 g/mol. The van der Waals surface area contributed by atoms with Gasteiger partial charge >= 0.3 is 7.12 Å². The lowest BCUT2D eigenvalue weighted by molar-refractivity contribution is 0.0773. The molecule has 0 aliphatic carbocycles. The summed E-state index contributed by atoms with van der Waals surface area (Å²) in [5.74, 6) is -0.212. The smallest absolute Gasteiger partial charge is 0.423 e. The second kappa shape index (κ2) is 7.37. The van der Waals surface area contributed by atoms with E-state index in [2.05, 4.69) is 9.97 Å².